The standard InChI is InChI=1S/C14H18BrS2/c1-14(2,3)11-8-16-13(17-9-11)10-4-6-12(15)7-5-10/h4-7,11H,8-9H2,1-3H3/q+1. The van der Waals surface area contributed by atoms with Gasteiger partial charge in [-0.15, -0.1) is 0 Å². The maximum Gasteiger partial charge on any atom is 0.265 e. The first-order valence-electron chi connectivity index (χ1n) is 5.85. The summed E-state index contributed by atoms with van der Waals surface area (Å²) in [6.45, 7) is 7.05. The van der Waals surface area contributed by atoms with Gasteiger partial charge in [-0.2, -0.15) is 0 Å². The summed E-state index contributed by atoms with van der Waals surface area (Å²) in [6, 6.07) is 8.66. The van der Waals surface area contributed by atoms with Gasteiger partial charge in [0.1, 0.15) is 0 Å². The highest BCUT2D eigenvalue weighted by Crippen LogP contribution is 2.33. The zero-order valence-corrected chi connectivity index (χ0v) is 13.7. The van der Waals surface area contributed by atoms with Gasteiger partial charge in [-0.1, -0.05) is 48.5 Å². The van der Waals surface area contributed by atoms with Gasteiger partial charge in [0, 0.05) is 21.7 Å². The van der Waals surface area contributed by atoms with Crippen molar-refractivity contribution < 1.29 is 0 Å². The second-order valence-electron chi connectivity index (χ2n) is 5.48. The first-order valence-corrected chi connectivity index (χ1v) is 8.62. The summed E-state index contributed by atoms with van der Waals surface area (Å²) in [7, 11) is 0. The molecule has 0 amide bonds. The minimum Gasteiger partial charge on any atom is -0.0640 e. The van der Waals surface area contributed by atoms with Crippen molar-refractivity contribution in [2.24, 2.45) is 11.3 Å². The molecule has 3 heteroatoms. The molecular formula is C14H18BrS2+. The molecule has 0 fully saturated rings. The third-order valence-corrected chi connectivity index (χ3v) is 6.51. The number of hydrogen-bond donors (Lipinski definition) is 0. The van der Waals surface area contributed by atoms with E-state index in [0.717, 1.165) is 10.4 Å². The fraction of sp³-hybridized carbons (Fsp3) is 0.500. The fourth-order valence-electron chi connectivity index (χ4n) is 1.69. The largest absolute Gasteiger partial charge is 0.265 e. The Morgan fingerprint density at radius 3 is 2.35 bits per heavy atom. The molecule has 1 aromatic rings. The highest BCUT2D eigenvalue weighted by atomic mass is 79.9. The van der Waals surface area contributed by atoms with Crippen LogP contribution < -0.4 is 0 Å². The summed E-state index contributed by atoms with van der Waals surface area (Å²) in [6.07, 6.45) is 0. The molecular weight excluding hydrogens is 312 g/mol. The van der Waals surface area contributed by atoms with Gasteiger partial charge in [0.25, 0.3) is 4.20 Å². The highest BCUT2D eigenvalue weighted by Gasteiger charge is 2.34. The Morgan fingerprint density at radius 2 is 1.88 bits per heavy atom. The van der Waals surface area contributed by atoms with E-state index in [1.807, 2.05) is 23.1 Å². The Balaban J connectivity index is 2.11. The molecule has 0 radical (unpaired) electrons. The molecule has 1 aromatic carbocycles. The van der Waals surface area contributed by atoms with Gasteiger partial charge in [0.2, 0.25) is 0 Å². The summed E-state index contributed by atoms with van der Waals surface area (Å²) < 4.78 is 2.64. The van der Waals surface area contributed by atoms with Crippen molar-refractivity contribution in [3.05, 3.63) is 34.3 Å². The monoisotopic (exact) mass is 329 g/mol. The minimum atomic E-state index is 0.436. The molecule has 0 saturated carbocycles. The summed E-state index contributed by atoms with van der Waals surface area (Å²) in [5, 5.41) is 0. The SMILES string of the molecule is CC(C)(C)C1CSC(c2ccc(Br)cc2)=[S+]C1. The molecule has 1 heterocycles. The van der Waals surface area contributed by atoms with Gasteiger partial charge >= 0.3 is 0 Å². The molecule has 17 heavy (non-hydrogen) atoms. The predicted molar refractivity (Wildman–Crippen MR) is 85.9 cm³/mol. The lowest BCUT2D eigenvalue weighted by Gasteiger charge is -2.27. The molecule has 0 saturated heterocycles. The second kappa shape index (κ2) is 5.41. The van der Waals surface area contributed by atoms with E-state index in [2.05, 4.69) is 61.0 Å². The predicted octanol–water partition coefficient (Wildman–Crippen LogP) is 4.42. The molecule has 0 aromatic heterocycles. The zero-order chi connectivity index (χ0) is 12.5. The van der Waals surface area contributed by atoms with Gasteiger partial charge in [-0.25, -0.2) is 0 Å². The molecule has 0 nitrogen and oxygen atoms in total. The van der Waals surface area contributed by atoms with E-state index >= 15 is 0 Å². The van der Waals surface area contributed by atoms with Crippen LogP contribution in [0.3, 0.4) is 0 Å². The van der Waals surface area contributed by atoms with E-state index in [-0.39, 0.29) is 0 Å². The maximum absolute atomic E-state index is 3.48. The topological polar surface area (TPSA) is 0 Å². The Hall–Kier alpha value is 0.140. The van der Waals surface area contributed by atoms with Crippen molar-refractivity contribution in [2.45, 2.75) is 20.8 Å². The number of thioether (sulfide) groups is 1. The minimum absolute atomic E-state index is 0.436. The van der Waals surface area contributed by atoms with Crippen LogP contribution in [0.5, 0.6) is 0 Å². The molecule has 0 spiro atoms. The molecule has 0 N–H and O–H groups in total. The lowest BCUT2D eigenvalue weighted by atomic mass is 9.83. The average molecular weight is 330 g/mol. The smallest absolute Gasteiger partial charge is 0.0640 e. The summed E-state index contributed by atoms with van der Waals surface area (Å²) in [4.78, 5) is 0. The van der Waals surface area contributed by atoms with Crippen LogP contribution in [0.1, 0.15) is 26.3 Å². The quantitative estimate of drug-likeness (QED) is 0.543. The molecule has 0 aliphatic carbocycles. The van der Waals surface area contributed by atoms with E-state index < -0.39 is 0 Å². The number of hydrogen-bond acceptors (Lipinski definition) is 1. The van der Waals surface area contributed by atoms with E-state index in [0.29, 0.717) is 5.41 Å². The molecule has 92 valence electrons. The van der Waals surface area contributed by atoms with Crippen molar-refractivity contribution in [1.29, 1.82) is 0 Å². The Labute approximate surface area is 121 Å². The van der Waals surface area contributed by atoms with Crippen LogP contribution in [0, 0.1) is 11.3 Å². The first kappa shape index (κ1) is 13.6. The van der Waals surface area contributed by atoms with Crippen molar-refractivity contribution in [3.8, 4) is 0 Å². The Kier molecular flexibility index (Phi) is 4.32. The van der Waals surface area contributed by atoms with Crippen LogP contribution in [-0.4, -0.2) is 15.7 Å². The summed E-state index contributed by atoms with van der Waals surface area (Å²) in [5.41, 5.74) is 1.81. The van der Waals surface area contributed by atoms with Crippen LogP contribution >= 0.6 is 27.7 Å². The van der Waals surface area contributed by atoms with Crippen molar-refractivity contribution in [3.63, 3.8) is 0 Å². The Morgan fingerprint density at radius 1 is 1.24 bits per heavy atom. The van der Waals surface area contributed by atoms with Crippen LogP contribution in [0.4, 0.5) is 0 Å². The van der Waals surface area contributed by atoms with Crippen molar-refractivity contribution in [2.75, 3.05) is 11.5 Å². The fourth-order valence-corrected chi connectivity index (χ4v) is 5.40. The lowest BCUT2D eigenvalue weighted by molar-refractivity contribution is 0.294. The first-order chi connectivity index (χ1) is 7.97. The summed E-state index contributed by atoms with van der Waals surface area (Å²) >= 11 is 7.53. The molecule has 1 aliphatic rings. The van der Waals surface area contributed by atoms with E-state index in [9.17, 15) is 0 Å². The highest BCUT2D eigenvalue weighted by molar-refractivity contribution is 9.10. The molecule has 1 atom stereocenters. The summed E-state index contributed by atoms with van der Waals surface area (Å²) in [5.74, 6) is 3.32. The van der Waals surface area contributed by atoms with Crippen LogP contribution in [0.15, 0.2) is 28.7 Å². The average Bonchev–Trinajstić information content (AvgIpc) is 2.29. The van der Waals surface area contributed by atoms with E-state index in [1.165, 1.54) is 21.3 Å². The maximum atomic E-state index is 3.48. The Bertz CT molecular complexity index is 415. The molecule has 0 bridgehead atoms. The van der Waals surface area contributed by atoms with E-state index in [4.69, 9.17) is 0 Å². The van der Waals surface area contributed by atoms with Crippen LogP contribution in [0.2, 0.25) is 0 Å². The van der Waals surface area contributed by atoms with Crippen LogP contribution in [-0.2, 0) is 11.4 Å². The lowest BCUT2D eigenvalue weighted by Crippen LogP contribution is -2.29. The third kappa shape index (κ3) is 3.55. The van der Waals surface area contributed by atoms with Gasteiger partial charge in [0.15, 0.2) is 17.1 Å². The van der Waals surface area contributed by atoms with Gasteiger partial charge < -0.3 is 0 Å². The molecule has 2 rings (SSSR count). The third-order valence-electron chi connectivity index (χ3n) is 3.14. The van der Waals surface area contributed by atoms with Crippen LogP contribution in [0.25, 0.3) is 0 Å². The normalized spacial score (nSPS) is 21.2. The number of benzene rings is 1. The number of halogens is 1. The zero-order valence-electron chi connectivity index (χ0n) is 10.5. The second-order valence-corrected chi connectivity index (χ2v) is 8.71. The van der Waals surface area contributed by atoms with Gasteiger partial charge in [-0.05, 0) is 29.7 Å². The van der Waals surface area contributed by atoms with Crippen molar-refractivity contribution in [1.82, 2.24) is 0 Å². The number of rotatable bonds is 1. The van der Waals surface area contributed by atoms with Gasteiger partial charge in [-0.3, -0.25) is 0 Å². The molecule has 1 unspecified atom stereocenters. The van der Waals surface area contributed by atoms with E-state index in [1.54, 1.807) is 0 Å². The molecule has 1 aliphatic heterocycles. The van der Waals surface area contributed by atoms with Crippen molar-refractivity contribution >= 4 is 43.2 Å². The van der Waals surface area contributed by atoms with Gasteiger partial charge in [0.05, 0.1) is 0 Å².